The molecule has 9 heteroatoms. The van der Waals surface area contributed by atoms with E-state index in [0.717, 1.165) is 57.7 Å². The number of hydrogen-bond acceptors (Lipinski definition) is 7. The summed E-state index contributed by atoms with van der Waals surface area (Å²) in [5, 5.41) is 4.91. The van der Waals surface area contributed by atoms with Gasteiger partial charge in [-0.1, -0.05) is 0 Å². The molecule has 1 N–H and O–H groups in total. The van der Waals surface area contributed by atoms with Crippen LogP contribution in [0.3, 0.4) is 0 Å². The van der Waals surface area contributed by atoms with Crippen molar-refractivity contribution in [1.82, 2.24) is 19.0 Å². The summed E-state index contributed by atoms with van der Waals surface area (Å²) in [6, 6.07) is 5.82. The number of nitrogens with zero attached hydrogens (tertiary/aromatic N) is 4. The Morgan fingerprint density at radius 1 is 1.19 bits per heavy atom. The van der Waals surface area contributed by atoms with Gasteiger partial charge in [0.2, 0.25) is 0 Å². The van der Waals surface area contributed by atoms with Gasteiger partial charge >= 0.3 is 0 Å². The monoisotopic (exact) mass is 439 g/mol. The van der Waals surface area contributed by atoms with Crippen LogP contribution in [0, 0.1) is 0 Å². The van der Waals surface area contributed by atoms with Gasteiger partial charge in [-0.3, -0.25) is 18.7 Å². The smallest absolute Gasteiger partial charge is 0.270 e. The van der Waals surface area contributed by atoms with E-state index < -0.39 is 0 Å². The number of aryl methyl sites for hydroxylation is 1. The summed E-state index contributed by atoms with van der Waals surface area (Å²) in [6.07, 6.45) is 5.72. The van der Waals surface area contributed by atoms with Crippen molar-refractivity contribution in [3.8, 4) is 5.75 Å². The first-order valence-electron chi connectivity index (χ1n) is 11.0. The number of piperidine rings is 1. The highest BCUT2D eigenvalue weighted by Gasteiger charge is 2.30. The Bertz CT molecular complexity index is 1230. The summed E-state index contributed by atoms with van der Waals surface area (Å²) >= 11 is 1.82. The first kappa shape index (κ1) is 19.1. The molecule has 3 aromatic heterocycles. The lowest BCUT2D eigenvalue weighted by molar-refractivity contribution is 0.187. The predicted molar refractivity (Wildman–Crippen MR) is 121 cm³/mol. The average molecular weight is 440 g/mol. The van der Waals surface area contributed by atoms with Gasteiger partial charge in [0.15, 0.2) is 0 Å². The molecular weight excluding hydrogens is 414 g/mol. The van der Waals surface area contributed by atoms with Crippen LogP contribution >= 0.6 is 11.3 Å². The van der Waals surface area contributed by atoms with Crippen LogP contribution < -0.4 is 21.2 Å². The van der Waals surface area contributed by atoms with Crippen molar-refractivity contribution in [3.63, 3.8) is 0 Å². The summed E-state index contributed by atoms with van der Waals surface area (Å²) in [4.78, 5) is 32.9. The largest absolute Gasteiger partial charge is 0.492 e. The van der Waals surface area contributed by atoms with Gasteiger partial charge < -0.3 is 15.0 Å². The molecule has 0 saturated carbocycles. The third-order valence-corrected chi connectivity index (χ3v) is 7.76. The molecule has 3 aliphatic rings. The van der Waals surface area contributed by atoms with Crippen LogP contribution in [0.25, 0.3) is 11.2 Å². The van der Waals surface area contributed by atoms with Gasteiger partial charge in [-0.15, -0.1) is 11.3 Å². The molecule has 6 rings (SSSR count). The lowest BCUT2D eigenvalue weighted by atomic mass is 10.0. The second-order valence-corrected chi connectivity index (χ2v) is 9.82. The Kier molecular flexibility index (Phi) is 4.61. The number of thiophene rings is 1. The van der Waals surface area contributed by atoms with Crippen molar-refractivity contribution < 1.29 is 4.74 Å². The SMILES string of the molecule is O=c1ccc2ncc(=O)n3c2n1C[C@H]3CN1CCC(Nc2cc3c(s2)CCCO3)CC1. The number of rotatable bonds is 4. The van der Waals surface area contributed by atoms with Gasteiger partial charge in [0.1, 0.15) is 16.9 Å². The molecule has 0 bridgehead atoms. The summed E-state index contributed by atoms with van der Waals surface area (Å²) in [6.45, 7) is 4.09. The summed E-state index contributed by atoms with van der Waals surface area (Å²) in [7, 11) is 0. The molecule has 0 amide bonds. The fourth-order valence-corrected chi connectivity index (χ4v) is 6.24. The van der Waals surface area contributed by atoms with E-state index >= 15 is 0 Å². The minimum atomic E-state index is -0.130. The summed E-state index contributed by atoms with van der Waals surface area (Å²) in [5.41, 5.74) is 1.16. The van der Waals surface area contributed by atoms with Crippen LogP contribution in [-0.4, -0.2) is 51.3 Å². The maximum Gasteiger partial charge on any atom is 0.270 e. The minimum absolute atomic E-state index is 0.0289. The zero-order valence-corrected chi connectivity index (χ0v) is 18.1. The van der Waals surface area contributed by atoms with E-state index in [-0.39, 0.29) is 17.2 Å². The number of pyridine rings is 1. The lowest BCUT2D eigenvalue weighted by Crippen LogP contribution is -2.42. The first-order chi connectivity index (χ1) is 15.2. The summed E-state index contributed by atoms with van der Waals surface area (Å²) < 4.78 is 9.22. The lowest BCUT2D eigenvalue weighted by Gasteiger charge is -2.34. The number of anilines is 1. The Hall–Kier alpha value is -2.65. The van der Waals surface area contributed by atoms with Crippen molar-refractivity contribution in [3.05, 3.63) is 50.0 Å². The number of hydrogen-bond donors (Lipinski definition) is 1. The molecule has 3 aliphatic heterocycles. The van der Waals surface area contributed by atoms with Crippen molar-refractivity contribution in [1.29, 1.82) is 0 Å². The fourth-order valence-electron chi connectivity index (χ4n) is 5.12. The molecule has 6 heterocycles. The fraction of sp³-hybridized carbons (Fsp3) is 0.500. The maximum absolute atomic E-state index is 12.5. The van der Waals surface area contributed by atoms with Crippen LogP contribution in [0.5, 0.6) is 5.75 Å². The molecule has 1 fully saturated rings. The Labute approximate surface area is 183 Å². The van der Waals surface area contributed by atoms with E-state index in [1.807, 2.05) is 11.3 Å². The molecule has 0 aromatic carbocycles. The molecule has 1 atom stereocenters. The van der Waals surface area contributed by atoms with Gasteiger partial charge in [-0.05, 0) is 31.7 Å². The highest BCUT2D eigenvalue weighted by molar-refractivity contribution is 7.16. The minimum Gasteiger partial charge on any atom is -0.492 e. The zero-order chi connectivity index (χ0) is 20.9. The van der Waals surface area contributed by atoms with Gasteiger partial charge in [0, 0.05) is 49.2 Å². The molecule has 0 unspecified atom stereocenters. The Morgan fingerprint density at radius 2 is 2.06 bits per heavy atom. The van der Waals surface area contributed by atoms with Crippen molar-refractivity contribution in [2.24, 2.45) is 0 Å². The van der Waals surface area contributed by atoms with Crippen molar-refractivity contribution in [2.75, 3.05) is 31.6 Å². The predicted octanol–water partition coefficient (Wildman–Crippen LogP) is 2.08. The van der Waals surface area contributed by atoms with E-state index in [1.165, 1.54) is 22.1 Å². The normalized spacial score (nSPS) is 21.2. The van der Waals surface area contributed by atoms with Gasteiger partial charge in [0.05, 0.1) is 23.8 Å². The maximum atomic E-state index is 12.5. The van der Waals surface area contributed by atoms with Gasteiger partial charge in [-0.25, -0.2) is 4.98 Å². The first-order valence-corrected chi connectivity index (χ1v) is 11.8. The van der Waals surface area contributed by atoms with Gasteiger partial charge in [-0.2, -0.15) is 0 Å². The highest BCUT2D eigenvalue weighted by Crippen LogP contribution is 2.37. The second-order valence-electron chi connectivity index (χ2n) is 8.68. The average Bonchev–Trinajstić information content (AvgIpc) is 3.36. The third-order valence-electron chi connectivity index (χ3n) is 6.65. The molecule has 3 aromatic rings. The molecule has 8 nitrogen and oxygen atoms in total. The highest BCUT2D eigenvalue weighted by atomic mass is 32.1. The van der Waals surface area contributed by atoms with E-state index in [0.29, 0.717) is 23.8 Å². The second kappa shape index (κ2) is 7.49. The third kappa shape index (κ3) is 3.36. The Balaban J connectivity index is 1.12. The topological polar surface area (TPSA) is 81.4 Å². The van der Waals surface area contributed by atoms with Crippen LogP contribution in [0.15, 0.2) is 34.0 Å². The van der Waals surface area contributed by atoms with E-state index in [9.17, 15) is 9.59 Å². The molecule has 0 spiro atoms. The van der Waals surface area contributed by atoms with Crippen LogP contribution in [0.1, 0.15) is 30.2 Å². The van der Waals surface area contributed by atoms with Gasteiger partial charge in [0.25, 0.3) is 11.1 Å². The van der Waals surface area contributed by atoms with Crippen LogP contribution in [-0.2, 0) is 13.0 Å². The van der Waals surface area contributed by atoms with E-state index in [1.54, 1.807) is 15.2 Å². The standard InChI is InChI=1S/C22H25N5O3S/c28-20-4-3-16-22-26(20)13-15(27(22)21(29)11-23-16)12-25-7-5-14(6-8-25)24-19-10-17-18(31-19)2-1-9-30-17/h3-4,10-11,14-15,24H,1-2,5-9,12-13H2/t15-/m1/s1. The molecule has 1 saturated heterocycles. The van der Waals surface area contributed by atoms with E-state index in [2.05, 4.69) is 21.3 Å². The quantitative estimate of drug-likeness (QED) is 0.670. The number of aromatic nitrogens is 3. The van der Waals surface area contributed by atoms with Crippen LogP contribution in [0.2, 0.25) is 0 Å². The van der Waals surface area contributed by atoms with E-state index in [4.69, 9.17) is 4.74 Å². The molecule has 31 heavy (non-hydrogen) atoms. The number of nitrogens with one attached hydrogen (secondary N) is 1. The zero-order valence-electron chi connectivity index (χ0n) is 17.2. The van der Waals surface area contributed by atoms with Crippen molar-refractivity contribution in [2.45, 2.75) is 44.3 Å². The molecule has 162 valence electrons. The molecular formula is C22H25N5O3S. The molecule has 0 radical (unpaired) electrons. The number of likely N-dealkylation sites (tertiary alicyclic amines) is 1. The Morgan fingerprint density at radius 3 is 2.90 bits per heavy atom. The molecule has 0 aliphatic carbocycles. The number of ether oxygens (including phenoxy) is 1. The van der Waals surface area contributed by atoms with Crippen molar-refractivity contribution >= 4 is 27.5 Å². The number of fused-ring (bicyclic) bond motifs is 1. The van der Waals surface area contributed by atoms with Crippen LogP contribution in [0.4, 0.5) is 5.00 Å². The summed E-state index contributed by atoms with van der Waals surface area (Å²) in [5.74, 6) is 1.06.